The number of aliphatic hydroxyl groups excluding tert-OH is 1. The number of carbonyl (C=O) groups excluding carboxylic acids is 1. The number of allylic oxidation sites excluding steroid dienone is 4. The van der Waals surface area contributed by atoms with Gasteiger partial charge in [-0.05, 0) is 102 Å². The number of carbonyl (C=O) groups is 1. The first-order valence-electron chi connectivity index (χ1n) is 13.4. The van der Waals surface area contributed by atoms with Gasteiger partial charge in [-0.2, -0.15) is 0 Å². The molecule has 2 saturated carbocycles. The van der Waals surface area contributed by atoms with Crippen LogP contribution in [-0.4, -0.2) is 28.1 Å². The number of ether oxygens (including phenoxy) is 1. The predicted molar refractivity (Wildman–Crippen MR) is 134 cm³/mol. The van der Waals surface area contributed by atoms with Gasteiger partial charge in [0.25, 0.3) is 0 Å². The fourth-order valence-electron chi connectivity index (χ4n) is 9.13. The largest absolute Gasteiger partial charge is 0.426 e. The standard InChI is InChI=1S/C30H44O4/c1-18-16-30(33,34-25(18)32)17-19(2)28(6)14-11-22-20-8-9-23-26(3,4)24(31)12-13-27(23,5)21(20)10-15-29(22,28)7/h8,11,16,19,21,23-24,31,33H,9-10,12-15,17H2,1-7H3/t19-,21+,23-,24+,27+,28-,29+,30?/m0/s1. The smallest absolute Gasteiger partial charge is 0.336 e. The number of fused-ring (bicyclic) bond motifs is 5. The molecular formula is C30H44O4. The Bertz CT molecular complexity index is 1000. The molecule has 0 amide bonds. The highest BCUT2D eigenvalue weighted by Crippen LogP contribution is 2.70. The maximum Gasteiger partial charge on any atom is 0.336 e. The Morgan fingerprint density at radius 2 is 1.82 bits per heavy atom. The molecule has 4 heteroatoms. The molecule has 4 aliphatic carbocycles. The zero-order valence-electron chi connectivity index (χ0n) is 22.2. The Morgan fingerprint density at radius 3 is 2.47 bits per heavy atom. The summed E-state index contributed by atoms with van der Waals surface area (Å²) in [7, 11) is 0. The van der Waals surface area contributed by atoms with Crippen molar-refractivity contribution in [3.8, 4) is 0 Å². The molecule has 0 aromatic heterocycles. The number of rotatable bonds is 3. The summed E-state index contributed by atoms with van der Waals surface area (Å²) in [6, 6.07) is 0. The van der Waals surface area contributed by atoms with E-state index in [4.69, 9.17) is 4.74 Å². The van der Waals surface area contributed by atoms with Gasteiger partial charge in [0.15, 0.2) is 0 Å². The molecule has 2 fully saturated rings. The predicted octanol–water partition coefficient (Wildman–Crippen LogP) is 6.09. The van der Waals surface area contributed by atoms with Crippen LogP contribution in [0.1, 0.15) is 93.4 Å². The van der Waals surface area contributed by atoms with Gasteiger partial charge >= 0.3 is 5.97 Å². The maximum atomic E-state index is 11.9. The Morgan fingerprint density at radius 1 is 1.12 bits per heavy atom. The second-order valence-corrected chi connectivity index (χ2v) is 13.7. The van der Waals surface area contributed by atoms with E-state index in [1.165, 1.54) is 12.0 Å². The van der Waals surface area contributed by atoms with Crippen LogP contribution in [0, 0.1) is 39.4 Å². The van der Waals surface area contributed by atoms with Crippen molar-refractivity contribution in [3.05, 3.63) is 34.9 Å². The minimum Gasteiger partial charge on any atom is -0.426 e. The molecule has 4 nitrogen and oxygen atoms in total. The van der Waals surface area contributed by atoms with Crippen molar-refractivity contribution in [3.63, 3.8) is 0 Å². The minimum atomic E-state index is -1.49. The third-order valence-corrected chi connectivity index (χ3v) is 11.8. The van der Waals surface area contributed by atoms with Crippen LogP contribution in [0.2, 0.25) is 0 Å². The molecule has 34 heavy (non-hydrogen) atoms. The first kappa shape index (κ1) is 24.3. The van der Waals surface area contributed by atoms with E-state index in [9.17, 15) is 15.0 Å². The van der Waals surface area contributed by atoms with Gasteiger partial charge in [-0.1, -0.05) is 53.7 Å². The molecule has 0 radical (unpaired) electrons. The number of hydrogen-bond donors (Lipinski definition) is 2. The van der Waals surface area contributed by atoms with E-state index in [1.807, 2.05) is 0 Å². The molecule has 8 atom stereocenters. The van der Waals surface area contributed by atoms with E-state index in [-0.39, 0.29) is 33.7 Å². The Hall–Kier alpha value is -1.39. The van der Waals surface area contributed by atoms with E-state index in [1.54, 1.807) is 18.6 Å². The number of aliphatic hydroxyl groups is 2. The number of esters is 1. The lowest BCUT2D eigenvalue weighted by molar-refractivity contribution is -0.188. The summed E-state index contributed by atoms with van der Waals surface area (Å²) >= 11 is 0. The average molecular weight is 469 g/mol. The molecule has 0 spiro atoms. The molecule has 0 saturated heterocycles. The number of cyclic esters (lactones) is 1. The SMILES string of the molecule is CC1=CC(O)(C[C@H](C)[C@]2(C)CC=C3C4=CC[C@H]5C(C)(C)[C@H](O)CC[C@]5(C)[C@@H]4CC[C@]32C)OC1=O. The first-order valence-corrected chi connectivity index (χ1v) is 13.4. The van der Waals surface area contributed by atoms with Gasteiger partial charge in [0.1, 0.15) is 0 Å². The second kappa shape index (κ2) is 7.32. The monoisotopic (exact) mass is 468 g/mol. The van der Waals surface area contributed by atoms with Crippen LogP contribution in [0.15, 0.2) is 34.9 Å². The molecule has 2 N–H and O–H groups in total. The third kappa shape index (κ3) is 3.06. The summed E-state index contributed by atoms with van der Waals surface area (Å²) in [5, 5.41) is 21.8. The van der Waals surface area contributed by atoms with Crippen LogP contribution in [0.5, 0.6) is 0 Å². The fraction of sp³-hybridized carbons (Fsp3) is 0.767. The van der Waals surface area contributed by atoms with Crippen molar-refractivity contribution in [1.82, 2.24) is 0 Å². The molecule has 1 unspecified atom stereocenters. The van der Waals surface area contributed by atoms with Crippen LogP contribution < -0.4 is 0 Å². The highest BCUT2D eigenvalue weighted by molar-refractivity contribution is 5.90. The lowest BCUT2D eigenvalue weighted by atomic mass is 9.43. The molecule has 1 aliphatic heterocycles. The molecular weight excluding hydrogens is 424 g/mol. The summed E-state index contributed by atoms with van der Waals surface area (Å²) < 4.78 is 5.37. The molecule has 0 aromatic carbocycles. The number of hydrogen-bond acceptors (Lipinski definition) is 4. The Balaban J connectivity index is 1.44. The molecule has 188 valence electrons. The van der Waals surface area contributed by atoms with E-state index < -0.39 is 11.8 Å². The lowest BCUT2D eigenvalue weighted by Crippen LogP contribution is -2.56. The van der Waals surface area contributed by atoms with Crippen LogP contribution in [0.25, 0.3) is 0 Å². The summed E-state index contributed by atoms with van der Waals surface area (Å²) in [4.78, 5) is 11.9. The third-order valence-electron chi connectivity index (χ3n) is 11.8. The van der Waals surface area contributed by atoms with Gasteiger partial charge in [-0.3, -0.25) is 0 Å². The van der Waals surface area contributed by atoms with Crippen molar-refractivity contribution in [2.45, 2.75) is 105 Å². The van der Waals surface area contributed by atoms with Crippen LogP contribution in [0.3, 0.4) is 0 Å². The molecule has 5 rings (SSSR count). The van der Waals surface area contributed by atoms with Crippen molar-refractivity contribution in [2.75, 3.05) is 0 Å². The normalized spacial score (nSPS) is 48.1. The second-order valence-electron chi connectivity index (χ2n) is 13.7. The van der Waals surface area contributed by atoms with Crippen molar-refractivity contribution in [2.24, 2.45) is 39.4 Å². The highest BCUT2D eigenvalue weighted by atomic mass is 16.7. The van der Waals surface area contributed by atoms with E-state index >= 15 is 0 Å². The summed E-state index contributed by atoms with van der Waals surface area (Å²) in [6.45, 7) is 15.8. The van der Waals surface area contributed by atoms with Crippen molar-refractivity contribution in [1.29, 1.82) is 0 Å². The van der Waals surface area contributed by atoms with Gasteiger partial charge in [0.2, 0.25) is 5.79 Å². The zero-order chi connectivity index (χ0) is 24.9. The molecule has 1 heterocycles. The van der Waals surface area contributed by atoms with Gasteiger partial charge < -0.3 is 14.9 Å². The molecule has 0 bridgehead atoms. The van der Waals surface area contributed by atoms with Crippen LogP contribution in [-0.2, 0) is 9.53 Å². The van der Waals surface area contributed by atoms with E-state index in [0.29, 0.717) is 23.8 Å². The zero-order valence-corrected chi connectivity index (χ0v) is 22.2. The average Bonchev–Trinajstić information content (AvgIpc) is 3.17. The summed E-state index contributed by atoms with van der Waals surface area (Å²) in [5.41, 5.74) is 3.80. The van der Waals surface area contributed by atoms with Gasteiger partial charge in [-0.15, -0.1) is 0 Å². The quantitative estimate of drug-likeness (QED) is 0.492. The molecule has 5 aliphatic rings. The maximum absolute atomic E-state index is 11.9. The van der Waals surface area contributed by atoms with E-state index in [2.05, 4.69) is 53.7 Å². The highest BCUT2D eigenvalue weighted by Gasteiger charge is 2.62. The van der Waals surface area contributed by atoms with Crippen LogP contribution >= 0.6 is 0 Å². The van der Waals surface area contributed by atoms with Gasteiger partial charge in [-0.25, -0.2) is 4.79 Å². The van der Waals surface area contributed by atoms with Gasteiger partial charge in [0.05, 0.1) is 6.10 Å². The fourth-order valence-corrected chi connectivity index (χ4v) is 9.13. The minimum absolute atomic E-state index is 0.0135. The summed E-state index contributed by atoms with van der Waals surface area (Å²) in [6.07, 6.45) is 13.2. The Labute approximate surface area is 205 Å². The van der Waals surface area contributed by atoms with Gasteiger partial charge in [0, 0.05) is 12.0 Å². The van der Waals surface area contributed by atoms with E-state index in [0.717, 1.165) is 32.1 Å². The summed E-state index contributed by atoms with van der Waals surface area (Å²) in [5.74, 6) is -0.651. The van der Waals surface area contributed by atoms with Crippen molar-refractivity contribution >= 4 is 5.97 Å². The lowest BCUT2D eigenvalue weighted by Gasteiger charge is -2.62. The first-order chi connectivity index (χ1) is 15.7. The van der Waals surface area contributed by atoms with Crippen molar-refractivity contribution < 1.29 is 19.7 Å². The van der Waals surface area contributed by atoms with Crippen LogP contribution in [0.4, 0.5) is 0 Å². The Kier molecular flexibility index (Phi) is 5.23. The molecule has 0 aromatic rings. The topological polar surface area (TPSA) is 66.8 Å².